The molecule has 11 heavy (non-hydrogen) atoms. The molecule has 1 rings (SSSR count). The van der Waals surface area contributed by atoms with Crippen molar-refractivity contribution in [3.63, 3.8) is 0 Å². The zero-order valence-electron chi connectivity index (χ0n) is 6.97. The van der Waals surface area contributed by atoms with Crippen LogP contribution < -0.4 is 0 Å². The highest BCUT2D eigenvalue weighted by Gasteiger charge is 2.06. The lowest BCUT2D eigenvalue weighted by molar-refractivity contribution is 0.319. The van der Waals surface area contributed by atoms with Crippen LogP contribution in [0.15, 0.2) is 11.4 Å². The van der Waals surface area contributed by atoms with E-state index in [2.05, 4.69) is 10.1 Å². The van der Waals surface area contributed by atoms with E-state index in [1.54, 1.807) is 6.92 Å². The minimum absolute atomic E-state index is 0.654. The summed E-state index contributed by atoms with van der Waals surface area (Å²) in [7, 11) is 0. The van der Waals surface area contributed by atoms with E-state index in [1.807, 2.05) is 20.0 Å². The molecule has 1 aromatic heterocycles. The Hall–Kier alpha value is -1.25. The van der Waals surface area contributed by atoms with Crippen molar-refractivity contribution < 1.29 is 5.21 Å². The van der Waals surface area contributed by atoms with Gasteiger partial charge in [0.2, 0.25) is 0 Å². The summed E-state index contributed by atoms with van der Waals surface area (Å²) >= 11 is 0. The molecule has 0 aromatic carbocycles. The quantitative estimate of drug-likeness (QED) is 0.360. The summed E-state index contributed by atoms with van der Waals surface area (Å²) in [6.45, 7) is 5.72. The topological polar surface area (TPSA) is 48.4 Å². The SMILES string of the molecule is CC(=NO)c1c(C)c[nH]c1C. The molecule has 0 atom stereocenters. The van der Waals surface area contributed by atoms with E-state index in [1.165, 1.54) is 0 Å². The van der Waals surface area contributed by atoms with Gasteiger partial charge < -0.3 is 10.2 Å². The second-order valence-corrected chi connectivity index (χ2v) is 2.66. The number of rotatable bonds is 1. The molecule has 60 valence electrons. The van der Waals surface area contributed by atoms with Crippen molar-refractivity contribution in [3.8, 4) is 0 Å². The standard InChI is InChI=1S/C8H12N2O/c1-5-4-9-6(2)8(5)7(3)10-11/h4,9,11H,1-3H3. The van der Waals surface area contributed by atoms with E-state index < -0.39 is 0 Å². The molecule has 0 bridgehead atoms. The Balaban J connectivity index is 3.21. The number of nitrogens with zero attached hydrogens (tertiary/aromatic N) is 1. The molecule has 0 saturated carbocycles. The maximum absolute atomic E-state index is 8.53. The van der Waals surface area contributed by atoms with Gasteiger partial charge in [-0.25, -0.2) is 0 Å². The number of aryl methyl sites for hydroxylation is 2. The van der Waals surface area contributed by atoms with E-state index in [-0.39, 0.29) is 0 Å². The molecule has 0 amide bonds. The fraction of sp³-hybridized carbons (Fsp3) is 0.375. The van der Waals surface area contributed by atoms with E-state index in [0.717, 1.165) is 16.8 Å². The maximum atomic E-state index is 8.53. The summed E-state index contributed by atoms with van der Waals surface area (Å²) in [4.78, 5) is 3.06. The van der Waals surface area contributed by atoms with Gasteiger partial charge in [0.1, 0.15) is 0 Å². The van der Waals surface area contributed by atoms with Crippen molar-refractivity contribution in [1.82, 2.24) is 4.98 Å². The zero-order valence-corrected chi connectivity index (χ0v) is 6.97. The monoisotopic (exact) mass is 152 g/mol. The van der Waals surface area contributed by atoms with E-state index in [9.17, 15) is 0 Å². The molecule has 0 radical (unpaired) electrons. The normalized spacial score (nSPS) is 12.1. The first-order valence-electron chi connectivity index (χ1n) is 3.50. The summed E-state index contributed by atoms with van der Waals surface area (Å²) in [5.74, 6) is 0. The van der Waals surface area contributed by atoms with Gasteiger partial charge in [0.25, 0.3) is 0 Å². The van der Waals surface area contributed by atoms with Gasteiger partial charge in [0.05, 0.1) is 5.71 Å². The molecule has 0 fully saturated rings. The molecule has 2 N–H and O–H groups in total. The molecule has 1 heterocycles. The Kier molecular flexibility index (Phi) is 1.98. The van der Waals surface area contributed by atoms with E-state index in [0.29, 0.717) is 5.71 Å². The first kappa shape index (κ1) is 7.85. The zero-order chi connectivity index (χ0) is 8.43. The van der Waals surface area contributed by atoms with Gasteiger partial charge in [-0.05, 0) is 26.3 Å². The van der Waals surface area contributed by atoms with Gasteiger partial charge in [-0.2, -0.15) is 0 Å². The molecular weight excluding hydrogens is 140 g/mol. The highest BCUT2D eigenvalue weighted by atomic mass is 16.4. The van der Waals surface area contributed by atoms with Crippen LogP contribution in [0.25, 0.3) is 0 Å². The Morgan fingerprint density at radius 2 is 2.18 bits per heavy atom. The third kappa shape index (κ3) is 1.27. The number of oxime groups is 1. The van der Waals surface area contributed by atoms with Gasteiger partial charge in [-0.3, -0.25) is 0 Å². The molecule has 0 spiro atoms. The van der Waals surface area contributed by atoms with Crippen molar-refractivity contribution in [1.29, 1.82) is 0 Å². The molecule has 1 aromatic rings. The Morgan fingerprint density at radius 1 is 1.55 bits per heavy atom. The summed E-state index contributed by atoms with van der Waals surface area (Å²) in [6.07, 6.45) is 1.90. The van der Waals surface area contributed by atoms with E-state index in [4.69, 9.17) is 5.21 Å². The van der Waals surface area contributed by atoms with Gasteiger partial charge in [0, 0.05) is 17.5 Å². The minimum atomic E-state index is 0.654. The number of aromatic amines is 1. The van der Waals surface area contributed by atoms with Crippen LogP contribution in [0.3, 0.4) is 0 Å². The molecule has 0 aliphatic carbocycles. The summed E-state index contributed by atoms with van der Waals surface area (Å²) < 4.78 is 0. The Bertz CT molecular complexity index is 267. The van der Waals surface area contributed by atoms with Gasteiger partial charge >= 0.3 is 0 Å². The van der Waals surface area contributed by atoms with Crippen molar-refractivity contribution in [2.45, 2.75) is 20.8 Å². The highest BCUT2D eigenvalue weighted by Crippen LogP contribution is 2.12. The Labute approximate surface area is 65.7 Å². The predicted octanol–water partition coefficient (Wildman–Crippen LogP) is 1.83. The minimum Gasteiger partial charge on any atom is -0.411 e. The predicted molar refractivity (Wildman–Crippen MR) is 44.3 cm³/mol. The molecule has 3 nitrogen and oxygen atoms in total. The second kappa shape index (κ2) is 2.78. The third-order valence-corrected chi connectivity index (χ3v) is 1.79. The van der Waals surface area contributed by atoms with Crippen molar-refractivity contribution in [3.05, 3.63) is 23.0 Å². The van der Waals surface area contributed by atoms with Crippen molar-refractivity contribution in [2.24, 2.45) is 5.16 Å². The highest BCUT2D eigenvalue weighted by molar-refractivity contribution is 6.00. The van der Waals surface area contributed by atoms with Gasteiger partial charge in [0.15, 0.2) is 0 Å². The van der Waals surface area contributed by atoms with Crippen molar-refractivity contribution in [2.75, 3.05) is 0 Å². The fourth-order valence-electron chi connectivity index (χ4n) is 1.26. The van der Waals surface area contributed by atoms with E-state index >= 15 is 0 Å². The Morgan fingerprint density at radius 3 is 2.55 bits per heavy atom. The lowest BCUT2D eigenvalue weighted by Gasteiger charge is -1.97. The number of H-pyrrole nitrogens is 1. The molecular formula is C8H12N2O. The summed E-state index contributed by atoms with van der Waals surface area (Å²) in [6, 6.07) is 0. The van der Waals surface area contributed by atoms with Crippen LogP contribution in [0.2, 0.25) is 0 Å². The van der Waals surface area contributed by atoms with Gasteiger partial charge in [-0.15, -0.1) is 0 Å². The van der Waals surface area contributed by atoms with Crippen LogP contribution in [0.1, 0.15) is 23.7 Å². The first-order chi connectivity index (χ1) is 5.16. The average Bonchev–Trinajstić information content (AvgIpc) is 2.30. The number of hydrogen-bond acceptors (Lipinski definition) is 2. The van der Waals surface area contributed by atoms with Crippen LogP contribution in [0.4, 0.5) is 0 Å². The smallest absolute Gasteiger partial charge is 0.0857 e. The maximum Gasteiger partial charge on any atom is 0.0857 e. The lowest BCUT2D eigenvalue weighted by Crippen LogP contribution is -1.96. The first-order valence-corrected chi connectivity index (χ1v) is 3.50. The molecule has 0 aliphatic heterocycles. The molecule has 0 aliphatic rings. The van der Waals surface area contributed by atoms with Crippen LogP contribution in [-0.2, 0) is 0 Å². The van der Waals surface area contributed by atoms with Crippen molar-refractivity contribution >= 4 is 5.71 Å². The largest absolute Gasteiger partial charge is 0.411 e. The van der Waals surface area contributed by atoms with Gasteiger partial charge in [-0.1, -0.05) is 5.16 Å². The van der Waals surface area contributed by atoms with Crippen LogP contribution in [0, 0.1) is 13.8 Å². The summed E-state index contributed by atoms with van der Waals surface area (Å²) in [5, 5.41) is 11.7. The number of nitrogens with one attached hydrogen (secondary N) is 1. The second-order valence-electron chi connectivity index (χ2n) is 2.66. The van der Waals surface area contributed by atoms with Crippen LogP contribution in [-0.4, -0.2) is 15.9 Å². The molecule has 0 unspecified atom stereocenters. The fourth-order valence-corrected chi connectivity index (χ4v) is 1.26. The average molecular weight is 152 g/mol. The lowest BCUT2D eigenvalue weighted by atomic mass is 10.1. The number of aromatic nitrogens is 1. The number of hydrogen-bond donors (Lipinski definition) is 2. The summed E-state index contributed by atoms with van der Waals surface area (Å²) in [5.41, 5.74) is 3.81. The molecule has 3 heteroatoms. The molecule has 0 saturated heterocycles. The van der Waals surface area contributed by atoms with Crippen LogP contribution >= 0.6 is 0 Å². The van der Waals surface area contributed by atoms with Crippen LogP contribution in [0.5, 0.6) is 0 Å². The third-order valence-electron chi connectivity index (χ3n) is 1.79.